The van der Waals surface area contributed by atoms with Gasteiger partial charge in [0, 0.05) is 5.88 Å². The normalized spacial score (nSPS) is 30.2. The predicted molar refractivity (Wildman–Crippen MR) is 83.1 cm³/mol. The lowest BCUT2D eigenvalue weighted by atomic mass is 9.97. The number of carbonyl (C=O) groups is 2. The average Bonchev–Trinajstić information content (AvgIpc) is 2.59. The number of aliphatic hydroxyl groups is 4. The van der Waals surface area contributed by atoms with Crippen molar-refractivity contribution in [2.45, 2.75) is 43.6 Å². The number of ether oxygens (including phenoxy) is 1. The Labute approximate surface area is 147 Å². The number of hydrogen-bond donors (Lipinski definition) is 6. The minimum atomic E-state index is -1.69. The lowest BCUT2D eigenvalue weighted by Gasteiger charge is -2.40. The van der Waals surface area contributed by atoms with Gasteiger partial charge in [0.2, 0.25) is 5.91 Å². The number of carbonyl (C=O) groups excluding carboxylic acids is 2. The molecular formula is C12H21ClN4O8. The number of hydrogen-bond acceptors (Lipinski definition) is 9. The fourth-order valence-electron chi connectivity index (χ4n) is 2.13. The molecule has 0 aromatic rings. The third kappa shape index (κ3) is 5.45. The SMILES string of the molecule is CC(NC(=O)N(CCCl)N=O)C(=O)N[C@H]1C(O)O[C@H](CO)[C@@H](O)[C@@H]1O. The van der Waals surface area contributed by atoms with Gasteiger partial charge in [-0.05, 0) is 6.92 Å². The monoisotopic (exact) mass is 384 g/mol. The van der Waals surface area contributed by atoms with E-state index in [0.717, 1.165) is 0 Å². The zero-order chi connectivity index (χ0) is 19.1. The van der Waals surface area contributed by atoms with E-state index in [1.807, 2.05) is 0 Å². The summed E-state index contributed by atoms with van der Waals surface area (Å²) in [5.41, 5.74) is 0. The van der Waals surface area contributed by atoms with Gasteiger partial charge in [0.05, 0.1) is 18.4 Å². The molecule has 0 radical (unpaired) electrons. The zero-order valence-corrected chi connectivity index (χ0v) is 14.0. The Balaban J connectivity index is 2.65. The van der Waals surface area contributed by atoms with Crippen LogP contribution in [0.2, 0.25) is 0 Å². The van der Waals surface area contributed by atoms with Gasteiger partial charge in [-0.3, -0.25) is 4.79 Å². The Kier molecular flexibility index (Phi) is 8.41. The average molecular weight is 385 g/mol. The van der Waals surface area contributed by atoms with Gasteiger partial charge in [-0.2, -0.15) is 5.01 Å². The predicted octanol–water partition coefficient (Wildman–Crippen LogP) is -2.78. The molecule has 6 atom stereocenters. The first kappa shape index (κ1) is 21.5. The van der Waals surface area contributed by atoms with E-state index in [2.05, 4.69) is 15.9 Å². The van der Waals surface area contributed by atoms with Gasteiger partial charge in [-0.1, -0.05) is 0 Å². The zero-order valence-electron chi connectivity index (χ0n) is 13.3. The highest BCUT2D eigenvalue weighted by Gasteiger charge is 2.44. The highest BCUT2D eigenvalue weighted by molar-refractivity contribution is 6.18. The Bertz CT molecular complexity index is 484. The molecule has 13 heteroatoms. The molecule has 0 aromatic carbocycles. The van der Waals surface area contributed by atoms with Crippen molar-refractivity contribution in [3.8, 4) is 0 Å². The van der Waals surface area contributed by atoms with Gasteiger partial charge in [0.1, 0.15) is 30.4 Å². The van der Waals surface area contributed by atoms with Gasteiger partial charge in [-0.25, -0.2) is 4.79 Å². The molecule has 1 saturated heterocycles. The number of nitrogens with zero attached hydrogens (tertiary/aromatic N) is 2. The molecule has 0 spiro atoms. The van der Waals surface area contributed by atoms with Crippen molar-refractivity contribution in [1.82, 2.24) is 15.6 Å². The largest absolute Gasteiger partial charge is 0.394 e. The lowest BCUT2D eigenvalue weighted by molar-refractivity contribution is -0.253. The van der Waals surface area contributed by atoms with Crippen LogP contribution in [0.25, 0.3) is 0 Å². The van der Waals surface area contributed by atoms with Crippen LogP contribution in [0.3, 0.4) is 0 Å². The van der Waals surface area contributed by atoms with E-state index in [0.29, 0.717) is 5.01 Å². The van der Waals surface area contributed by atoms with Crippen LogP contribution in [-0.2, 0) is 9.53 Å². The van der Waals surface area contributed by atoms with Crippen molar-refractivity contribution in [2.75, 3.05) is 19.0 Å². The second-order valence-corrected chi connectivity index (χ2v) is 5.71. The Hall–Kier alpha value is -1.57. The molecule has 0 bridgehead atoms. The van der Waals surface area contributed by atoms with Gasteiger partial charge in [-0.15, -0.1) is 16.5 Å². The second kappa shape index (κ2) is 9.79. The van der Waals surface area contributed by atoms with E-state index in [9.17, 15) is 29.8 Å². The summed E-state index contributed by atoms with van der Waals surface area (Å²) < 4.78 is 4.89. The van der Waals surface area contributed by atoms with Gasteiger partial charge in [0.25, 0.3) is 0 Å². The quantitative estimate of drug-likeness (QED) is 0.155. The minimum absolute atomic E-state index is 0.0402. The Morgan fingerprint density at radius 3 is 2.48 bits per heavy atom. The summed E-state index contributed by atoms with van der Waals surface area (Å²) in [5, 5.41) is 45.8. The first-order chi connectivity index (χ1) is 11.8. The van der Waals surface area contributed by atoms with Crippen LogP contribution >= 0.6 is 11.6 Å². The molecule has 12 nitrogen and oxygen atoms in total. The first-order valence-corrected chi connectivity index (χ1v) is 7.88. The van der Waals surface area contributed by atoms with Crippen molar-refractivity contribution in [1.29, 1.82) is 0 Å². The van der Waals surface area contributed by atoms with Crippen molar-refractivity contribution < 1.29 is 34.8 Å². The van der Waals surface area contributed by atoms with Crippen LogP contribution < -0.4 is 10.6 Å². The van der Waals surface area contributed by atoms with E-state index in [1.54, 1.807) is 0 Å². The van der Waals surface area contributed by atoms with Crippen molar-refractivity contribution in [3.63, 3.8) is 0 Å². The maximum absolute atomic E-state index is 12.1. The fraction of sp³-hybridized carbons (Fsp3) is 0.833. The van der Waals surface area contributed by atoms with Crippen LogP contribution in [0, 0.1) is 4.91 Å². The number of nitroso groups, excluding NO2 is 1. The summed E-state index contributed by atoms with van der Waals surface area (Å²) in [7, 11) is 0. The third-order valence-corrected chi connectivity index (χ3v) is 3.74. The fourth-order valence-corrected chi connectivity index (χ4v) is 2.29. The first-order valence-electron chi connectivity index (χ1n) is 7.35. The number of nitrogens with one attached hydrogen (secondary N) is 2. The molecule has 1 fully saturated rings. The Morgan fingerprint density at radius 1 is 1.32 bits per heavy atom. The molecule has 0 saturated carbocycles. The number of rotatable bonds is 7. The maximum Gasteiger partial charge on any atom is 0.341 e. The summed E-state index contributed by atoms with van der Waals surface area (Å²) in [6, 6.07) is -3.52. The lowest BCUT2D eigenvalue weighted by Crippen LogP contribution is -2.65. The molecule has 0 aromatic heterocycles. The van der Waals surface area contributed by atoms with E-state index in [4.69, 9.17) is 21.4 Å². The van der Waals surface area contributed by atoms with Crippen molar-refractivity contribution in [3.05, 3.63) is 4.91 Å². The molecule has 3 amide bonds. The molecule has 6 N–H and O–H groups in total. The second-order valence-electron chi connectivity index (χ2n) is 5.33. The molecule has 25 heavy (non-hydrogen) atoms. The van der Waals surface area contributed by atoms with Crippen LogP contribution in [0.15, 0.2) is 5.29 Å². The van der Waals surface area contributed by atoms with Gasteiger partial charge >= 0.3 is 6.03 Å². The molecule has 1 heterocycles. The van der Waals surface area contributed by atoms with Crippen molar-refractivity contribution in [2.24, 2.45) is 5.29 Å². The maximum atomic E-state index is 12.1. The molecular weight excluding hydrogens is 364 g/mol. The smallest absolute Gasteiger partial charge is 0.341 e. The minimum Gasteiger partial charge on any atom is -0.394 e. The highest BCUT2D eigenvalue weighted by atomic mass is 35.5. The molecule has 1 aliphatic heterocycles. The molecule has 0 aliphatic carbocycles. The number of halogens is 1. The number of amides is 3. The summed E-state index contributed by atoms with van der Waals surface area (Å²) in [6.45, 7) is 0.484. The highest BCUT2D eigenvalue weighted by Crippen LogP contribution is 2.19. The molecule has 1 aliphatic rings. The summed E-state index contributed by atoms with van der Waals surface area (Å²) in [5.74, 6) is -0.868. The van der Waals surface area contributed by atoms with E-state index >= 15 is 0 Å². The third-order valence-electron chi connectivity index (χ3n) is 3.57. The number of aliphatic hydroxyl groups excluding tert-OH is 4. The van der Waals surface area contributed by atoms with E-state index < -0.39 is 55.2 Å². The van der Waals surface area contributed by atoms with Crippen LogP contribution in [0.4, 0.5) is 4.79 Å². The summed E-state index contributed by atoms with van der Waals surface area (Å²) in [6.07, 6.45) is -6.05. The van der Waals surface area contributed by atoms with Gasteiger partial charge < -0.3 is 35.8 Å². The summed E-state index contributed by atoms with van der Waals surface area (Å²) >= 11 is 5.41. The summed E-state index contributed by atoms with van der Waals surface area (Å²) in [4.78, 5) is 34.3. The molecule has 144 valence electrons. The number of urea groups is 1. The number of alkyl halides is 1. The van der Waals surface area contributed by atoms with E-state index in [1.165, 1.54) is 6.92 Å². The van der Waals surface area contributed by atoms with E-state index in [-0.39, 0.29) is 12.4 Å². The topological polar surface area (TPSA) is 181 Å². The van der Waals surface area contributed by atoms with Crippen molar-refractivity contribution >= 4 is 23.5 Å². The molecule has 1 rings (SSSR count). The van der Waals surface area contributed by atoms with Gasteiger partial charge in [0.15, 0.2) is 6.29 Å². The van der Waals surface area contributed by atoms with Crippen LogP contribution in [0.1, 0.15) is 6.92 Å². The standard InChI is InChI=1S/C12H21ClN4O8/c1-5(14-12(23)17(16-24)3-2-13)10(21)15-7-9(20)8(19)6(4-18)25-11(7)22/h5-9,11,18-20,22H,2-4H2,1H3,(H,14,23)(H,15,21)/t5?,6-,7-,8-,9-,11?/m1/s1. The van der Waals surface area contributed by atoms with Crippen LogP contribution in [0.5, 0.6) is 0 Å². The Morgan fingerprint density at radius 2 is 1.96 bits per heavy atom. The van der Waals surface area contributed by atoms with Crippen LogP contribution in [-0.4, -0.2) is 93.1 Å². The molecule has 2 unspecified atom stereocenters.